The number of hydrogen-bond acceptors (Lipinski definition) is 3. The molecule has 0 N–H and O–H groups in total. The Morgan fingerprint density at radius 3 is 2.38 bits per heavy atom. The molecule has 0 bridgehead atoms. The molecular formula is C17H16O3S. The van der Waals surface area contributed by atoms with Gasteiger partial charge < -0.3 is 4.42 Å². The minimum absolute atomic E-state index is 0.0459. The van der Waals surface area contributed by atoms with Crippen LogP contribution in [0.15, 0.2) is 62.9 Å². The topological polar surface area (TPSA) is 47.3 Å². The van der Waals surface area contributed by atoms with Crippen LogP contribution in [0.25, 0.3) is 11.0 Å². The lowest BCUT2D eigenvalue weighted by Gasteiger charge is -2.07. The van der Waals surface area contributed by atoms with Gasteiger partial charge in [0.15, 0.2) is 0 Å². The van der Waals surface area contributed by atoms with E-state index in [2.05, 4.69) is 0 Å². The van der Waals surface area contributed by atoms with Gasteiger partial charge in [0.25, 0.3) is 0 Å². The monoisotopic (exact) mass is 300 g/mol. The lowest BCUT2D eigenvalue weighted by Crippen LogP contribution is -2.05. The van der Waals surface area contributed by atoms with E-state index >= 15 is 0 Å². The summed E-state index contributed by atoms with van der Waals surface area (Å²) in [6.45, 7) is 3.73. The number of para-hydroxylation sites is 1. The zero-order valence-corrected chi connectivity index (χ0v) is 12.8. The van der Waals surface area contributed by atoms with Crippen LogP contribution in [0, 0.1) is 6.92 Å². The Kier molecular flexibility index (Phi) is 3.33. The summed E-state index contributed by atoms with van der Waals surface area (Å²) < 4.78 is 31.5. The third-order valence-corrected chi connectivity index (χ3v) is 5.54. The van der Waals surface area contributed by atoms with Crippen molar-refractivity contribution >= 4 is 20.8 Å². The largest absolute Gasteiger partial charge is 0.444 e. The number of furan rings is 1. The Morgan fingerprint density at radius 1 is 1.00 bits per heavy atom. The minimum Gasteiger partial charge on any atom is -0.444 e. The molecule has 21 heavy (non-hydrogen) atoms. The highest BCUT2D eigenvalue weighted by Crippen LogP contribution is 2.33. The third-order valence-electron chi connectivity index (χ3n) is 3.69. The van der Waals surface area contributed by atoms with Crippen molar-refractivity contribution in [1.82, 2.24) is 0 Å². The third kappa shape index (κ3) is 2.16. The molecule has 1 heterocycles. The second-order valence-electron chi connectivity index (χ2n) is 4.98. The van der Waals surface area contributed by atoms with Gasteiger partial charge in [-0.1, -0.05) is 43.3 Å². The van der Waals surface area contributed by atoms with Gasteiger partial charge in [0.05, 0.1) is 4.90 Å². The molecule has 0 aliphatic carbocycles. The van der Waals surface area contributed by atoms with Crippen molar-refractivity contribution in [3.63, 3.8) is 0 Å². The molecule has 0 unspecified atom stereocenters. The van der Waals surface area contributed by atoms with Gasteiger partial charge in [0.2, 0.25) is 14.9 Å². The van der Waals surface area contributed by atoms with E-state index in [1.54, 1.807) is 25.1 Å². The SMILES string of the molecule is CCc1ccccc1S(=O)(=O)c1oc2ccccc2c1C. The van der Waals surface area contributed by atoms with Crippen LogP contribution in [0.3, 0.4) is 0 Å². The van der Waals surface area contributed by atoms with Crippen LogP contribution < -0.4 is 0 Å². The second-order valence-corrected chi connectivity index (χ2v) is 6.79. The Hall–Kier alpha value is -2.07. The van der Waals surface area contributed by atoms with Gasteiger partial charge in [-0.2, -0.15) is 0 Å². The summed E-state index contributed by atoms with van der Waals surface area (Å²) in [6.07, 6.45) is 0.661. The minimum atomic E-state index is -3.64. The molecular weight excluding hydrogens is 284 g/mol. The molecule has 0 aliphatic rings. The van der Waals surface area contributed by atoms with Gasteiger partial charge in [-0.3, -0.25) is 0 Å². The second kappa shape index (κ2) is 5.04. The zero-order chi connectivity index (χ0) is 15.0. The summed E-state index contributed by atoms with van der Waals surface area (Å²) in [5, 5.41) is 0.884. The molecule has 108 valence electrons. The van der Waals surface area contributed by atoms with Gasteiger partial charge in [-0.05, 0) is 31.0 Å². The van der Waals surface area contributed by atoms with Gasteiger partial charge in [-0.25, -0.2) is 8.42 Å². The molecule has 3 rings (SSSR count). The van der Waals surface area contributed by atoms with E-state index in [1.807, 2.05) is 37.3 Å². The van der Waals surface area contributed by atoms with E-state index in [4.69, 9.17) is 4.42 Å². The summed E-state index contributed by atoms with van der Waals surface area (Å²) in [5.41, 5.74) is 2.07. The van der Waals surface area contributed by atoms with Gasteiger partial charge in [0, 0.05) is 10.9 Å². The summed E-state index contributed by atoms with van der Waals surface area (Å²) in [5.74, 6) is 0. The molecule has 0 amide bonds. The van der Waals surface area contributed by atoms with Crippen molar-refractivity contribution in [3.05, 3.63) is 59.7 Å². The molecule has 0 atom stereocenters. The fourth-order valence-corrected chi connectivity index (χ4v) is 4.29. The van der Waals surface area contributed by atoms with Crippen molar-refractivity contribution < 1.29 is 12.8 Å². The summed E-state index contributed by atoms with van der Waals surface area (Å²) >= 11 is 0. The molecule has 0 fully saturated rings. The van der Waals surface area contributed by atoms with Crippen LogP contribution in [0.4, 0.5) is 0 Å². The zero-order valence-electron chi connectivity index (χ0n) is 12.0. The van der Waals surface area contributed by atoms with Gasteiger partial charge in [-0.15, -0.1) is 0 Å². The molecule has 4 heteroatoms. The van der Waals surface area contributed by atoms with E-state index in [0.29, 0.717) is 22.5 Å². The Bertz CT molecular complexity index is 905. The molecule has 3 nitrogen and oxygen atoms in total. The predicted octanol–water partition coefficient (Wildman–Crippen LogP) is 4.14. The maximum Gasteiger partial charge on any atom is 0.240 e. The molecule has 0 saturated heterocycles. The number of fused-ring (bicyclic) bond motifs is 1. The molecule has 0 saturated carbocycles. The summed E-state index contributed by atoms with van der Waals surface area (Å²) in [6, 6.07) is 14.4. The van der Waals surface area contributed by atoms with Gasteiger partial charge >= 0.3 is 0 Å². The van der Waals surface area contributed by atoms with Crippen molar-refractivity contribution in [1.29, 1.82) is 0 Å². The standard InChI is InChI=1S/C17H16O3S/c1-3-13-8-4-7-11-16(13)21(18,19)17-12(2)14-9-5-6-10-15(14)20-17/h4-11H,3H2,1-2H3. The highest BCUT2D eigenvalue weighted by atomic mass is 32.2. The Balaban J connectivity index is 2.28. The lowest BCUT2D eigenvalue weighted by molar-refractivity contribution is 0.477. The Labute approximate surface area is 124 Å². The van der Waals surface area contributed by atoms with E-state index < -0.39 is 9.84 Å². The predicted molar refractivity (Wildman–Crippen MR) is 82.2 cm³/mol. The molecule has 3 aromatic rings. The van der Waals surface area contributed by atoms with E-state index in [-0.39, 0.29) is 5.09 Å². The average molecular weight is 300 g/mol. The summed E-state index contributed by atoms with van der Waals surface area (Å²) in [4.78, 5) is 0.328. The summed E-state index contributed by atoms with van der Waals surface area (Å²) in [7, 11) is -3.64. The van der Waals surface area contributed by atoms with Crippen molar-refractivity contribution in [2.75, 3.05) is 0 Å². The first-order chi connectivity index (χ1) is 10.1. The fourth-order valence-electron chi connectivity index (χ4n) is 2.57. The van der Waals surface area contributed by atoms with Crippen molar-refractivity contribution in [2.24, 2.45) is 0 Å². The first-order valence-corrected chi connectivity index (χ1v) is 8.35. The van der Waals surface area contributed by atoms with E-state index in [1.165, 1.54) is 0 Å². The van der Waals surface area contributed by atoms with Crippen molar-refractivity contribution in [2.45, 2.75) is 30.3 Å². The number of rotatable bonds is 3. The van der Waals surface area contributed by atoms with Crippen LogP contribution in [0.5, 0.6) is 0 Å². The maximum absolute atomic E-state index is 12.9. The number of hydrogen-bond donors (Lipinski definition) is 0. The molecule has 0 radical (unpaired) electrons. The van der Waals surface area contributed by atoms with Crippen molar-refractivity contribution in [3.8, 4) is 0 Å². The smallest absolute Gasteiger partial charge is 0.240 e. The molecule has 0 spiro atoms. The van der Waals surface area contributed by atoms with Crippen LogP contribution >= 0.6 is 0 Å². The number of benzene rings is 2. The van der Waals surface area contributed by atoms with Gasteiger partial charge in [0.1, 0.15) is 5.58 Å². The number of sulfone groups is 1. The maximum atomic E-state index is 12.9. The molecule has 0 aliphatic heterocycles. The first-order valence-electron chi connectivity index (χ1n) is 6.87. The van der Waals surface area contributed by atoms with Crippen LogP contribution in [-0.2, 0) is 16.3 Å². The normalized spacial score (nSPS) is 11.9. The lowest BCUT2D eigenvalue weighted by atomic mass is 10.2. The Morgan fingerprint density at radius 2 is 1.67 bits per heavy atom. The van der Waals surface area contributed by atoms with Crippen LogP contribution in [-0.4, -0.2) is 8.42 Å². The van der Waals surface area contributed by atoms with Crippen LogP contribution in [0.2, 0.25) is 0 Å². The van der Waals surface area contributed by atoms with E-state index in [9.17, 15) is 8.42 Å². The first kappa shape index (κ1) is 13.9. The highest BCUT2D eigenvalue weighted by molar-refractivity contribution is 7.91. The number of aryl methyl sites for hydroxylation is 2. The van der Waals surface area contributed by atoms with Crippen LogP contribution in [0.1, 0.15) is 18.1 Å². The highest BCUT2D eigenvalue weighted by Gasteiger charge is 2.27. The van der Waals surface area contributed by atoms with E-state index in [0.717, 1.165) is 10.9 Å². The quantitative estimate of drug-likeness (QED) is 0.730. The average Bonchev–Trinajstić information content (AvgIpc) is 2.85. The fraction of sp³-hybridized carbons (Fsp3) is 0.176. The molecule has 1 aromatic heterocycles. The molecule has 2 aromatic carbocycles.